The van der Waals surface area contributed by atoms with Crippen molar-refractivity contribution >= 4 is 5.69 Å². The molecule has 0 unspecified atom stereocenters. The van der Waals surface area contributed by atoms with Crippen LogP contribution in [0.5, 0.6) is 5.75 Å². The van der Waals surface area contributed by atoms with Crippen LogP contribution < -0.4 is 10.1 Å². The molecule has 0 aliphatic rings. The van der Waals surface area contributed by atoms with E-state index >= 15 is 0 Å². The maximum atomic E-state index is 11.8. The molecule has 0 aromatic heterocycles. The van der Waals surface area contributed by atoms with Crippen LogP contribution in [0.2, 0.25) is 0 Å². The fourth-order valence-corrected chi connectivity index (χ4v) is 1.55. The Morgan fingerprint density at radius 1 is 1.26 bits per heavy atom. The minimum absolute atomic E-state index is 0.0701. The number of ether oxygens (including phenoxy) is 2. The van der Waals surface area contributed by atoms with E-state index in [1.165, 1.54) is 0 Å². The number of nitrogens with one attached hydrogen (secondary N) is 1. The second-order valence-corrected chi connectivity index (χ2v) is 4.15. The van der Waals surface area contributed by atoms with Gasteiger partial charge in [-0.05, 0) is 31.0 Å². The molecule has 108 valence electrons. The quantitative estimate of drug-likeness (QED) is 0.775. The fourth-order valence-electron chi connectivity index (χ4n) is 1.55. The maximum Gasteiger partial charge on any atom is 0.411 e. The molecule has 0 bridgehead atoms. The molecule has 0 aliphatic heterocycles. The average molecular weight is 277 g/mol. The van der Waals surface area contributed by atoms with E-state index in [-0.39, 0.29) is 6.61 Å². The third-order valence-corrected chi connectivity index (χ3v) is 2.40. The van der Waals surface area contributed by atoms with Gasteiger partial charge in [-0.1, -0.05) is 6.07 Å². The van der Waals surface area contributed by atoms with Gasteiger partial charge in [0.15, 0.2) is 0 Å². The van der Waals surface area contributed by atoms with E-state index < -0.39 is 12.8 Å². The molecular weight excluding hydrogens is 259 g/mol. The third kappa shape index (κ3) is 6.33. The van der Waals surface area contributed by atoms with Gasteiger partial charge in [0.1, 0.15) is 12.4 Å². The highest BCUT2D eigenvalue weighted by Crippen LogP contribution is 2.24. The Kier molecular flexibility index (Phi) is 5.95. The zero-order valence-electron chi connectivity index (χ0n) is 11.0. The first kappa shape index (κ1) is 15.6. The summed E-state index contributed by atoms with van der Waals surface area (Å²) < 4.78 is 45.1. The number of methoxy groups -OCH3 is 1. The Hall–Kier alpha value is -1.43. The third-order valence-electron chi connectivity index (χ3n) is 2.40. The number of benzene rings is 1. The highest BCUT2D eigenvalue weighted by Gasteiger charge is 2.27. The Bertz CT molecular complexity index is 394. The minimum atomic E-state index is -4.26. The normalized spacial score (nSPS) is 11.4. The molecule has 3 nitrogen and oxygen atoms in total. The van der Waals surface area contributed by atoms with Crippen LogP contribution in [-0.2, 0) is 4.74 Å². The molecule has 1 aromatic carbocycles. The summed E-state index contributed by atoms with van der Waals surface area (Å²) in [5, 5.41) is 3.12. The molecule has 0 atom stereocenters. The Morgan fingerprint density at radius 3 is 2.63 bits per heavy atom. The lowest BCUT2D eigenvalue weighted by Crippen LogP contribution is -2.18. The van der Waals surface area contributed by atoms with Gasteiger partial charge in [0.2, 0.25) is 0 Å². The van der Waals surface area contributed by atoms with Crippen molar-refractivity contribution in [2.24, 2.45) is 0 Å². The predicted molar refractivity (Wildman–Crippen MR) is 67.7 cm³/mol. The summed E-state index contributed by atoms with van der Waals surface area (Å²) in [6.45, 7) is 1.36. The van der Waals surface area contributed by atoms with Crippen molar-refractivity contribution in [3.63, 3.8) is 0 Å². The molecule has 19 heavy (non-hydrogen) atoms. The van der Waals surface area contributed by atoms with Gasteiger partial charge in [0, 0.05) is 13.2 Å². The summed E-state index contributed by atoms with van der Waals surface area (Å²) in [4.78, 5) is 0. The summed E-state index contributed by atoms with van der Waals surface area (Å²) in [5.74, 6) is 0.710. The molecular formula is C13H18F3NO2. The van der Waals surface area contributed by atoms with Crippen LogP contribution in [-0.4, -0.2) is 33.0 Å². The van der Waals surface area contributed by atoms with Gasteiger partial charge in [-0.15, -0.1) is 0 Å². The number of aryl methyl sites for hydroxylation is 1. The SMILES string of the molecule is COc1ccc(C)cc1NCCCOCC(F)(F)F. The molecule has 1 rings (SSSR count). The van der Waals surface area contributed by atoms with E-state index in [1.54, 1.807) is 7.11 Å². The molecule has 1 N–H and O–H groups in total. The van der Waals surface area contributed by atoms with Gasteiger partial charge in [-0.3, -0.25) is 0 Å². The number of hydrogen-bond acceptors (Lipinski definition) is 3. The maximum absolute atomic E-state index is 11.8. The first-order chi connectivity index (χ1) is 8.92. The Labute approximate surface area is 110 Å². The number of rotatable bonds is 7. The van der Waals surface area contributed by atoms with Crippen molar-refractivity contribution < 1.29 is 22.6 Å². The fraction of sp³-hybridized carbons (Fsp3) is 0.538. The van der Waals surface area contributed by atoms with E-state index in [4.69, 9.17) is 4.74 Å². The van der Waals surface area contributed by atoms with Gasteiger partial charge < -0.3 is 14.8 Å². The topological polar surface area (TPSA) is 30.5 Å². The summed E-state index contributed by atoms with van der Waals surface area (Å²) in [5.41, 5.74) is 1.91. The van der Waals surface area contributed by atoms with Crippen LogP contribution in [0.25, 0.3) is 0 Å². The van der Waals surface area contributed by atoms with Crippen LogP contribution in [0.15, 0.2) is 18.2 Å². The van der Waals surface area contributed by atoms with Gasteiger partial charge in [-0.25, -0.2) is 0 Å². The van der Waals surface area contributed by atoms with E-state index in [0.29, 0.717) is 18.7 Å². The molecule has 0 amide bonds. The lowest BCUT2D eigenvalue weighted by atomic mass is 10.2. The van der Waals surface area contributed by atoms with Crippen LogP contribution >= 0.6 is 0 Å². The lowest BCUT2D eigenvalue weighted by Gasteiger charge is -2.12. The van der Waals surface area contributed by atoms with E-state index in [1.807, 2.05) is 25.1 Å². The molecule has 0 radical (unpaired) electrons. The smallest absolute Gasteiger partial charge is 0.411 e. The highest BCUT2D eigenvalue weighted by molar-refractivity contribution is 5.57. The highest BCUT2D eigenvalue weighted by atomic mass is 19.4. The first-order valence-electron chi connectivity index (χ1n) is 5.95. The predicted octanol–water partition coefficient (Wildman–Crippen LogP) is 3.38. The molecule has 0 heterocycles. The number of alkyl halides is 3. The molecule has 0 fully saturated rings. The molecule has 0 saturated carbocycles. The second kappa shape index (κ2) is 7.23. The van der Waals surface area contributed by atoms with Crippen molar-refractivity contribution in [3.05, 3.63) is 23.8 Å². The first-order valence-corrected chi connectivity index (χ1v) is 5.95. The van der Waals surface area contributed by atoms with Crippen molar-refractivity contribution in [3.8, 4) is 5.75 Å². The van der Waals surface area contributed by atoms with Crippen molar-refractivity contribution in [2.45, 2.75) is 19.5 Å². The standard InChI is InChI=1S/C13H18F3NO2/c1-10-4-5-12(18-2)11(8-10)17-6-3-7-19-9-13(14,15)16/h4-5,8,17H,3,6-7,9H2,1-2H3. The second-order valence-electron chi connectivity index (χ2n) is 4.15. The Balaban J connectivity index is 2.28. The Morgan fingerprint density at radius 2 is 2.00 bits per heavy atom. The minimum Gasteiger partial charge on any atom is -0.495 e. The van der Waals surface area contributed by atoms with E-state index in [0.717, 1.165) is 11.3 Å². The van der Waals surface area contributed by atoms with Crippen LogP contribution in [0, 0.1) is 6.92 Å². The number of anilines is 1. The number of hydrogen-bond donors (Lipinski definition) is 1. The molecule has 0 spiro atoms. The van der Waals surface area contributed by atoms with Crippen LogP contribution in [0.4, 0.5) is 18.9 Å². The van der Waals surface area contributed by atoms with Crippen LogP contribution in [0.1, 0.15) is 12.0 Å². The van der Waals surface area contributed by atoms with Gasteiger partial charge in [-0.2, -0.15) is 13.2 Å². The summed E-state index contributed by atoms with van der Waals surface area (Å²) >= 11 is 0. The molecule has 0 aliphatic carbocycles. The number of halogens is 3. The summed E-state index contributed by atoms with van der Waals surface area (Å²) in [6, 6.07) is 5.70. The zero-order valence-corrected chi connectivity index (χ0v) is 11.0. The van der Waals surface area contributed by atoms with Gasteiger partial charge in [0.05, 0.1) is 12.8 Å². The van der Waals surface area contributed by atoms with Gasteiger partial charge >= 0.3 is 6.18 Å². The lowest BCUT2D eigenvalue weighted by molar-refractivity contribution is -0.173. The largest absolute Gasteiger partial charge is 0.495 e. The average Bonchev–Trinajstić information content (AvgIpc) is 2.32. The molecule has 0 saturated heterocycles. The molecule has 1 aromatic rings. The molecule has 6 heteroatoms. The van der Waals surface area contributed by atoms with Crippen molar-refractivity contribution in [1.82, 2.24) is 0 Å². The monoisotopic (exact) mass is 277 g/mol. The van der Waals surface area contributed by atoms with Crippen molar-refractivity contribution in [2.75, 3.05) is 32.2 Å². The van der Waals surface area contributed by atoms with E-state index in [9.17, 15) is 13.2 Å². The summed E-state index contributed by atoms with van der Waals surface area (Å²) in [6.07, 6.45) is -3.76. The summed E-state index contributed by atoms with van der Waals surface area (Å²) in [7, 11) is 1.57. The van der Waals surface area contributed by atoms with Crippen LogP contribution in [0.3, 0.4) is 0 Å². The van der Waals surface area contributed by atoms with Crippen molar-refractivity contribution in [1.29, 1.82) is 0 Å². The van der Waals surface area contributed by atoms with Gasteiger partial charge in [0.25, 0.3) is 0 Å². The zero-order chi connectivity index (χ0) is 14.3. The van der Waals surface area contributed by atoms with E-state index in [2.05, 4.69) is 10.1 Å².